The number of para-hydroxylation sites is 1. The zero-order valence-corrected chi connectivity index (χ0v) is 33.8. The molecule has 0 aromatic heterocycles. The zero-order valence-electron chi connectivity index (χ0n) is 33.8. The van der Waals surface area contributed by atoms with E-state index in [0.717, 1.165) is 17.1 Å². The van der Waals surface area contributed by atoms with Gasteiger partial charge in [-0.15, -0.1) is 0 Å². The first-order valence-corrected chi connectivity index (χ1v) is 20.9. The Kier molecular flexibility index (Phi) is 8.57. The van der Waals surface area contributed by atoms with Crippen LogP contribution in [0.2, 0.25) is 0 Å². The van der Waals surface area contributed by atoms with Crippen LogP contribution in [0.3, 0.4) is 0 Å². The molecule has 0 aliphatic heterocycles. The summed E-state index contributed by atoms with van der Waals surface area (Å²) in [4.78, 5) is 2.43. The van der Waals surface area contributed by atoms with Crippen LogP contribution in [0.15, 0.2) is 224 Å². The maximum Gasteiger partial charge on any atom is 0.0540 e. The highest BCUT2D eigenvalue weighted by Gasteiger charge is 2.37. The van der Waals surface area contributed by atoms with Gasteiger partial charge in [-0.25, -0.2) is 0 Å². The summed E-state index contributed by atoms with van der Waals surface area (Å²) in [7, 11) is 0. The van der Waals surface area contributed by atoms with Gasteiger partial charge in [0.05, 0.1) is 5.69 Å². The van der Waals surface area contributed by atoms with Gasteiger partial charge >= 0.3 is 0 Å². The molecule has 1 nitrogen and oxygen atoms in total. The largest absolute Gasteiger partial charge is 0.310 e. The van der Waals surface area contributed by atoms with Crippen molar-refractivity contribution >= 4 is 38.6 Å². The average molecular weight is 766 g/mol. The molecule has 0 saturated heterocycles. The van der Waals surface area contributed by atoms with Crippen LogP contribution in [0.4, 0.5) is 17.1 Å². The maximum atomic E-state index is 2.43. The molecule has 0 spiro atoms. The summed E-state index contributed by atoms with van der Waals surface area (Å²) in [6.07, 6.45) is 0. The van der Waals surface area contributed by atoms with Gasteiger partial charge in [0.15, 0.2) is 0 Å². The van der Waals surface area contributed by atoms with E-state index in [0.29, 0.717) is 0 Å². The molecule has 1 aliphatic rings. The molecule has 1 aliphatic carbocycles. The summed E-state index contributed by atoms with van der Waals surface area (Å²) in [5.41, 5.74) is 18.4. The Hall–Kier alpha value is -7.48. The zero-order chi connectivity index (χ0) is 40.2. The number of rotatable bonds is 7. The predicted molar refractivity (Wildman–Crippen MR) is 255 cm³/mol. The monoisotopic (exact) mass is 765 g/mol. The molecule has 0 heterocycles. The van der Waals surface area contributed by atoms with E-state index in [1.807, 2.05) is 0 Å². The molecular weight excluding hydrogens is 723 g/mol. The molecule has 0 saturated carbocycles. The number of benzene rings is 10. The first kappa shape index (κ1) is 35.7. The first-order chi connectivity index (χ1) is 29.5. The number of hydrogen-bond acceptors (Lipinski definition) is 1. The molecular formula is C59H43N. The second kappa shape index (κ2) is 14.4. The minimum atomic E-state index is -0.0847. The third-order valence-electron chi connectivity index (χ3n) is 12.7. The average Bonchev–Trinajstić information content (AvgIpc) is 3.55. The number of fused-ring (bicyclic) bond motifs is 5. The Bertz CT molecular complexity index is 3210. The normalized spacial score (nSPS) is 12.6. The molecule has 10 aromatic carbocycles. The van der Waals surface area contributed by atoms with Crippen LogP contribution in [-0.4, -0.2) is 0 Å². The van der Waals surface area contributed by atoms with Gasteiger partial charge in [0, 0.05) is 22.4 Å². The minimum Gasteiger partial charge on any atom is -0.310 e. The molecule has 0 radical (unpaired) electrons. The van der Waals surface area contributed by atoms with Crippen molar-refractivity contribution in [3.8, 4) is 55.6 Å². The van der Waals surface area contributed by atoms with E-state index in [9.17, 15) is 0 Å². The molecule has 0 N–H and O–H groups in total. The van der Waals surface area contributed by atoms with E-state index in [2.05, 4.69) is 243 Å². The van der Waals surface area contributed by atoms with Gasteiger partial charge in [0.1, 0.15) is 0 Å². The third kappa shape index (κ3) is 6.10. The molecule has 10 aromatic rings. The molecule has 0 fully saturated rings. The van der Waals surface area contributed by atoms with Crippen LogP contribution in [0, 0.1) is 0 Å². The number of nitrogens with zero attached hydrogens (tertiary/aromatic N) is 1. The lowest BCUT2D eigenvalue weighted by Crippen LogP contribution is -2.14. The molecule has 0 bridgehead atoms. The van der Waals surface area contributed by atoms with Crippen molar-refractivity contribution in [3.63, 3.8) is 0 Å². The van der Waals surface area contributed by atoms with Gasteiger partial charge in [0.2, 0.25) is 0 Å². The smallest absolute Gasteiger partial charge is 0.0540 e. The van der Waals surface area contributed by atoms with E-state index in [1.54, 1.807) is 0 Å². The first-order valence-electron chi connectivity index (χ1n) is 20.9. The summed E-state index contributed by atoms with van der Waals surface area (Å²) < 4.78 is 0. The summed E-state index contributed by atoms with van der Waals surface area (Å²) in [6, 6.07) is 82.4. The highest BCUT2D eigenvalue weighted by Crippen LogP contribution is 2.53. The van der Waals surface area contributed by atoms with Crippen molar-refractivity contribution in [2.75, 3.05) is 4.90 Å². The molecule has 11 rings (SSSR count). The lowest BCUT2D eigenvalue weighted by molar-refractivity contribution is 0.660. The Balaban J connectivity index is 1.00. The Morgan fingerprint density at radius 1 is 0.300 bits per heavy atom. The summed E-state index contributed by atoms with van der Waals surface area (Å²) in [5, 5.41) is 5.02. The lowest BCUT2D eigenvalue weighted by atomic mass is 9.82. The van der Waals surface area contributed by atoms with E-state index in [1.165, 1.54) is 88.3 Å². The van der Waals surface area contributed by atoms with Crippen LogP contribution < -0.4 is 4.90 Å². The summed E-state index contributed by atoms with van der Waals surface area (Å²) >= 11 is 0. The maximum absolute atomic E-state index is 2.43. The van der Waals surface area contributed by atoms with Crippen molar-refractivity contribution in [1.29, 1.82) is 0 Å². The van der Waals surface area contributed by atoms with Crippen LogP contribution >= 0.6 is 0 Å². The second-order valence-corrected chi connectivity index (χ2v) is 16.5. The SMILES string of the molecule is CC1(C)c2ccccc2-c2c(-c3ccccc3N(c3ccc(-c4ccc(-c5ccc6ccccc6c5)cc4)cc3)c3ccc(-c4ccc5ccccc5c4)cc3)cccc21. The van der Waals surface area contributed by atoms with Crippen LogP contribution in [0.1, 0.15) is 25.0 Å². The standard InChI is InChI=1S/C59H43N/c1-59(2)55-19-9-7-17-54(55)58-53(18-11-20-56(58)59)52-16-8-10-21-57(52)60(51-36-32-45(33-37-51)49-29-27-41-13-4-6-15-47(41)39-49)50-34-30-43(31-35-50)42-22-24-44(25-23-42)48-28-26-40-12-3-5-14-46(40)38-48/h3-39H,1-2H3. The topological polar surface area (TPSA) is 3.24 Å². The Morgan fingerprint density at radius 3 is 1.27 bits per heavy atom. The highest BCUT2D eigenvalue weighted by atomic mass is 15.1. The van der Waals surface area contributed by atoms with Crippen molar-refractivity contribution in [3.05, 3.63) is 236 Å². The Labute approximate surface area is 352 Å². The fraction of sp³-hybridized carbons (Fsp3) is 0.0508. The summed E-state index contributed by atoms with van der Waals surface area (Å²) in [5.74, 6) is 0. The molecule has 0 atom stereocenters. The van der Waals surface area contributed by atoms with Gasteiger partial charge in [-0.2, -0.15) is 0 Å². The van der Waals surface area contributed by atoms with Crippen molar-refractivity contribution in [2.24, 2.45) is 0 Å². The second-order valence-electron chi connectivity index (χ2n) is 16.5. The molecule has 0 unspecified atom stereocenters. The Morgan fingerprint density at radius 2 is 0.700 bits per heavy atom. The van der Waals surface area contributed by atoms with E-state index in [4.69, 9.17) is 0 Å². The third-order valence-corrected chi connectivity index (χ3v) is 12.7. The molecule has 1 heteroatoms. The van der Waals surface area contributed by atoms with E-state index >= 15 is 0 Å². The van der Waals surface area contributed by atoms with Crippen LogP contribution in [-0.2, 0) is 5.41 Å². The fourth-order valence-corrected chi connectivity index (χ4v) is 9.50. The number of anilines is 3. The minimum absolute atomic E-state index is 0.0847. The lowest BCUT2D eigenvalue weighted by Gasteiger charge is -2.29. The van der Waals surface area contributed by atoms with Crippen molar-refractivity contribution < 1.29 is 0 Å². The van der Waals surface area contributed by atoms with Gasteiger partial charge in [0.25, 0.3) is 0 Å². The van der Waals surface area contributed by atoms with Gasteiger partial charge < -0.3 is 4.90 Å². The van der Waals surface area contributed by atoms with Crippen LogP contribution in [0.25, 0.3) is 77.2 Å². The van der Waals surface area contributed by atoms with E-state index in [-0.39, 0.29) is 5.41 Å². The molecule has 60 heavy (non-hydrogen) atoms. The molecule has 0 amide bonds. The van der Waals surface area contributed by atoms with Crippen molar-refractivity contribution in [2.45, 2.75) is 19.3 Å². The van der Waals surface area contributed by atoms with Crippen LogP contribution in [0.5, 0.6) is 0 Å². The van der Waals surface area contributed by atoms with E-state index < -0.39 is 0 Å². The number of hydrogen-bond donors (Lipinski definition) is 0. The van der Waals surface area contributed by atoms with Gasteiger partial charge in [-0.3, -0.25) is 0 Å². The van der Waals surface area contributed by atoms with Gasteiger partial charge in [-0.1, -0.05) is 196 Å². The quantitative estimate of drug-likeness (QED) is 0.156. The fourth-order valence-electron chi connectivity index (χ4n) is 9.50. The predicted octanol–water partition coefficient (Wildman–Crippen LogP) is 16.4. The highest BCUT2D eigenvalue weighted by molar-refractivity contribution is 5.98. The summed E-state index contributed by atoms with van der Waals surface area (Å²) in [6.45, 7) is 4.71. The van der Waals surface area contributed by atoms with Gasteiger partial charge in [-0.05, 0) is 125 Å². The van der Waals surface area contributed by atoms with Crippen molar-refractivity contribution in [1.82, 2.24) is 0 Å². The molecule has 284 valence electrons.